The van der Waals surface area contributed by atoms with Crippen LogP contribution < -0.4 is 5.56 Å². The Morgan fingerprint density at radius 1 is 1.29 bits per heavy atom. The average Bonchev–Trinajstić information content (AvgIpc) is 2.15. The van der Waals surface area contributed by atoms with Gasteiger partial charge >= 0.3 is 0 Å². The Kier molecular flexibility index (Phi) is 2.33. The minimum Gasteiger partial charge on any atom is -0.317 e. The molecular formula is C11H11NOS. The third kappa shape index (κ3) is 1.55. The van der Waals surface area contributed by atoms with Gasteiger partial charge in [-0.05, 0) is 18.6 Å². The van der Waals surface area contributed by atoms with Crippen molar-refractivity contribution in [1.29, 1.82) is 0 Å². The van der Waals surface area contributed by atoms with Crippen molar-refractivity contribution in [3.05, 3.63) is 40.2 Å². The van der Waals surface area contributed by atoms with Gasteiger partial charge in [0.2, 0.25) is 5.56 Å². The van der Waals surface area contributed by atoms with E-state index in [0.717, 1.165) is 15.8 Å². The van der Waals surface area contributed by atoms with E-state index < -0.39 is 0 Å². The van der Waals surface area contributed by atoms with Gasteiger partial charge in [0, 0.05) is 11.5 Å². The zero-order chi connectivity index (χ0) is 10.1. The van der Waals surface area contributed by atoms with Gasteiger partial charge in [-0.2, -0.15) is 0 Å². The highest BCUT2D eigenvalue weighted by atomic mass is 32.2. The summed E-state index contributed by atoms with van der Waals surface area (Å²) < 4.78 is 0. The molecule has 2 nitrogen and oxygen atoms in total. The highest BCUT2D eigenvalue weighted by molar-refractivity contribution is 7.98. The predicted molar refractivity (Wildman–Crippen MR) is 61.1 cm³/mol. The van der Waals surface area contributed by atoms with E-state index in [4.69, 9.17) is 0 Å². The molecule has 0 radical (unpaired) electrons. The first-order chi connectivity index (χ1) is 6.70. The number of rotatable bonds is 1. The Balaban J connectivity index is 2.87. The number of H-pyrrole nitrogens is 1. The zero-order valence-corrected chi connectivity index (χ0v) is 8.94. The number of hydrogen-bond acceptors (Lipinski definition) is 2. The molecule has 0 saturated heterocycles. The number of thioether (sulfide) groups is 1. The SMILES string of the molecule is CSc1[nH]c(=O)cc2cc(C)ccc12. The molecule has 0 amide bonds. The Morgan fingerprint density at radius 3 is 2.79 bits per heavy atom. The van der Waals surface area contributed by atoms with Crippen molar-refractivity contribution in [1.82, 2.24) is 4.98 Å². The molecule has 0 unspecified atom stereocenters. The molecule has 0 saturated carbocycles. The summed E-state index contributed by atoms with van der Waals surface area (Å²) in [7, 11) is 0. The third-order valence-electron chi connectivity index (χ3n) is 2.18. The molecule has 1 heterocycles. The van der Waals surface area contributed by atoms with Crippen LogP contribution in [0.25, 0.3) is 10.8 Å². The Labute approximate surface area is 86.3 Å². The Morgan fingerprint density at radius 2 is 2.07 bits per heavy atom. The van der Waals surface area contributed by atoms with Crippen LogP contribution in [0.5, 0.6) is 0 Å². The van der Waals surface area contributed by atoms with Crippen LogP contribution in [-0.4, -0.2) is 11.2 Å². The smallest absolute Gasteiger partial charge is 0.249 e. The molecule has 72 valence electrons. The molecule has 0 aliphatic carbocycles. The Bertz CT molecular complexity index is 530. The molecule has 14 heavy (non-hydrogen) atoms. The van der Waals surface area contributed by atoms with E-state index in [0.29, 0.717) is 0 Å². The average molecular weight is 205 g/mol. The second-order valence-corrected chi connectivity index (χ2v) is 4.07. The minimum atomic E-state index is -0.0348. The first-order valence-electron chi connectivity index (χ1n) is 4.38. The fraction of sp³-hybridized carbons (Fsp3) is 0.182. The van der Waals surface area contributed by atoms with Gasteiger partial charge in [-0.1, -0.05) is 23.8 Å². The van der Waals surface area contributed by atoms with E-state index in [1.165, 1.54) is 5.56 Å². The maximum absolute atomic E-state index is 11.3. The van der Waals surface area contributed by atoms with E-state index in [1.807, 2.05) is 25.3 Å². The normalized spacial score (nSPS) is 10.7. The molecule has 0 bridgehead atoms. The topological polar surface area (TPSA) is 32.9 Å². The summed E-state index contributed by atoms with van der Waals surface area (Å²) in [4.78, 5) is 14.1. The highest BCUT2D eigenvalue weighted by Crippen LogP contribution is 2.22. The van der Waals surface area contributed by atoms with Crippen molar-refractivity contribution in [3.63, 3.8) is 0 Å². The van der Waals surface area contributed by atoms with Gasteiger partial charge in [0.25, 0.3) is 0 Å². The van der Waals surface area contributed by atoms with E-state index in [2.05, 4.69) is 11.1 Å². The number of pyridine rings is 1. The van der Waals surface area contributed by atoms with Crippen LogP contribution in [0.3, 0.4) is 0 Å². The molecule has 1 aromatic heterocycles. The van der Waals surface area contributed by atoms with Crippen LogP contribution in [-0.2, 0) is 0 Å². The molecule has 2 aromatic rings. The lowest BCUT2D eigenvalue weighted by molar-refractivity contribution is 1.12. The second-order valence-electron chi connectivity index (χ2n) is 3.26. The summed E-state index contributed by atoms with van der Waals surface area (Å²) in [5.41, 5.74) is 1.14. The zero-order valence-electron chi connectivity index (χ0n) is 8.13. The van der Waals surface area contributed by atoms with Crippen LogP contribution in [0.1, 0.15) is 5.56 Å². The summed E-state index contributed by atoms with van der Waals surface area (Å²) >= 11 is 1.56. The lowest BCUT2D eigenvalue weighted by Gasteiger charge is -2.03. The van der Waals surface area contributed by atoms with Crippen molar-refractivity contribution in [3.8, 4) is 0 Å². The van der Waals surface area contributed by atoms with Crippen LogP contribution in [0.4, 0.5) is 0 Å². The van der Waals surface area contributed by atoms with Gasteiger partial charge in [-0.3, -0.25) is 4.79 Å². The molecule has 0 atom stereocenters. The number of nitrogens with one attached hydrogen (secondary N) is 1. The largest absolute Gasteiger partial charge is 0.317 e. The quantitative estimate of drug-likeness (QED) is 0.726. The van der Waals surface area contributed by atoms with Crippen molar-refractivity contribution in [2.24, 2.45) is 0 Å². The molecule has 0 fully saturated rings. The van der Waals surface area contributed by atoms with Crippen LogP contribution in [0, 0.1) is 6.92 Å². The van der Waals surface area contributed by atoms with Crippen molar-refractivity contribution < 1.29 is 0 Å². The number of benzene rings is 1. The molecule has 2 rings (SSSR count). The number of aromatic nitrogens is 1. The monoisotopic (exact) mass is 205 g/mol. The number of aryl methyl sites for hydroxylation is 1. The fourth-order valence-corrected chi connectivity index (χ4v) is 2.13. The lowest BCUT2D eigenvalue weighted by atomic mass is 10.1. The minimum absolute atomic E-state index is 0.0348. The first-order valence-corrected chi connectivity index (χ1v) is 5.61. The molecule has 1 N–H and O–H groups in total. The van der Waals surface area contributed by atoms with Crippen LogP contribution in [0.2, 0.25) is 0 Å². The number of hydrogen-bond donors (Lipinski definition) is 1. The summed E-state index contributed by atoms with van der Waals surface area (Å²) in [5, 5.41) is 3.06. The number of fused-ring (bicyclic) bond motifs is 1. The van der Waals surface area contributed by atoms with E-state index >= 15 is 0 Å². The predicted octanol–water partition coefficient (Wildman–Crippen LogP) is 2.56. The van der Waals surface area contributed by atoms with E-state index in [1.54, 1.807) is 17.8 Å². The molecule has 0 aliphatic rings. The van der Waals surface area contributed by atoms with Gasteiger partial charge < -0.3 is 4.98 Å². The van der Waals surface area contributed by atoms with Gasteiger partial charge in [0.05, 0.1) is 5.03 Å². The molecular weight excluding hydrogens is 194 g/mol. The lowest BCUT2D eigenvalue weighted by Crippen LogP contribution is -2.04. The van der Waals surface area contributed by atoms with Crippen LogP contribution >= 0.6 is 11.8 Å². The molecule has 3 heteroatoms. The molecule has 0 spiro atoms. The van der Waals surface area contributed by atoms with Gasteiger partial charge in [0.15, 0.2) is 0 Å². The second kappa shape index (κ2) is 3.50. The summed E-state index contributed by atoms with van der Waals surface area (Å²) in [6.45, 7) is 2.03. The number of aromatic amines is 1. The van der Waals surface area contributed by atoms with E-state index in [-0.39, 0.29) is 5.56 Å². The van der Waals surface area contributed by atoms with Gasteiger partial charge in [-0.25, -0.2) is 0 Å². The van der Waals surface area contributed by atoms with Gasteiger partial charge in [-0.15, -0.1) is 11.8 Å². The van der Waals surface area contributed by atoms with Crippen molar-refractivity contribution in [2.75, 3.05) is 6.26 Å². The highest BCUT2D eigenvalue weighted by Gasteiger charge is 2.01. The first kappa shape index (κ1) is 9.34. The third-order valence-corrected chi connectivity index (χ3v) is 2.91. The summed E-state index contributed by atoms with van der Waals surface area (Å²) in [6.07, 6.45) is 1.96. The van der Waals surface area contributed by atoms with Crippen molar-refractivity contribution in [2.45, 2.75) is 11.9 Å². The Hall–Kier alpha value is -1.22. The maximum atomic E-state index is 11.3. The summed E-state index contributed by atoms with van der Waals surface area (Å²) in [5.74, 6) is 0. The molecule has 0 aliphatic heterocycles. The van der Waals surface area contributed by atoms with Crippen molar-refractivity contribution >= 4 is 22.5 Å². The molecule has 1 aromatic carbocycles. The van der Waals surface area contributed by atoms with Crippen LogP contribution in [0.15, 0.2) is 34.1 Å². The fourth-order valence-electron chi connectivity index (χ4n) is 1.53. The standard InChI is InChI=1S/C11H11NOS/c1-7-3-4-9-8(5-7)6-10(13)12-11(9)14-2/h3-6H,1-2H3,(H,12,13). The summed E-state index contributed by atoms with van der Waals surface area (Å²) in [6, 6.07) is 7.78. The van der Waals surface area contributed by atoms with E-state index in [9.17, 15) is 4.79 Å². The maximum Gasteiger partial charge on any atom is 0.249 e. The van der Waals surface area contributed by atoms with Gasteiger partial charge in [0.1, 0.15) is 0 Å².